The Morgan fingerprint density at radius 1 is 1.24 bits per heavy atom. The predicted octanol–water partition coefficient (Wildman–Crippen LogP) is 6.13. The van der Waals surface area contributed by atoms with Crippen molar-refractivity contribution in [2.75, 3.05) is 13.2 Å². The number of nitrogens with zero attached hydrogens (tertiary/aromatic N) is 1. The Kier molecular flexibility index (Phi) is 8.13. The number of benzene rings is 2. The number of aliphatic carboxylic acids is 1. The second-order valence-electron chi connectivity index (χ2n) is 11.4. The number of halogens is 1. The first-order valence-corrected chi connectivity index (χ1v) is 15.4. The summed E-state index contributed by atoms with van der Waals surface area (Å²) in [6, 6.07) is 11.1. The molecule has 1 fully saturated rings. The van der Waals surface area contributed by atoms with Gasteiger partial charge in [0.05, 0.1) is 16.0 Å². The van der Waals surface area contributed by atoms with Crippen LogP contribution in [0.25, 0.3) is 0 Å². The lowest BCUT2D eigenvalue weighted by atomic mass is 9.49. The molecule has 206 valence electrons. The summed E-state index contributed by atoms with van der Waals surface area (Å²) in [7, 11) is -3.66. The number of sulfonamides is 1. The fourth-order valence-corrected chi connectivity index (χ4v) is 8.38. The smallest absolute Gasteiger partial charge is 0.309 e. The summed E-state index contributed by atoms with van der Waals surface area (Å²) in [6.07, 6.45) is 2.87. The van der Waals surface area contributed by atoms with Gasteiger partial charge in [0.2, 0.25) is 10.0 Å². The van der Waals surface area contributed by atoms with Crippen molar-refractivity contribution in [3.63, 3.8) is 0 Å². The molecule has 0 aromatic heterocycles. The van der Waals surface area contributed by atoms with Crippen molar-refractivity contribution in [3.05, 3.63) is 63.1 Å². The van der Waals surface area contributed by atoms with Crippen molar-refractivity contribution >= 4 is 37.6 Å². The fourth-order valence-electron chi connectivity index (χ4n) is 6.32. The Morgan fingerprint density at radius 2 is 1.95 bits per heavy atom. The maximum atomic E-state index is 12.7. The third-order valence-corrected chi connectivity index (χ3v) is 10.9. The quantitative estimate of drug-likeness (QED) is 0.278. The summed E-state index contributed by atoms with van der Waals surface area (Å²) < 4.78 is 29.0. The Hall–Kier alpha value is -2.23. The standard InChI is InChI=1S/C29H37BrN2O5S/c1-18(2)20-15-21-22(16-23(20)30)28(4)11-8-12-29(5,27(33)34)26(28)17-24(21)32-37-14-13-31-38(35,36)25-10-7-6-9-19(25)3/h6-7,9-10,15-16,18,26,31H,8,11-14,17H2,1-5H3,(H,33,34)/b32-24+/t26-,28-,29-/m1/s1. The summed E-state index contributed by atoms with van der Waals surface area (Å²) in [4.78, 5) is 18.4. The number of carboxylic acid groups (broad SMARTS) is 1. The highest BCUT2D eigenvalue weighted by atomic mass is 79.9. The molecule has 0 spiro atoms. The van der Waals surface area contributed by atoms with Crippen LogP contribution in [-0.2, 0) is 25.1 Å². The van der Waals surface area contributed by atoms with Gasteiger partial charge in [-0.05, 0) is 85.3 Å². The zero-order chi connectivity index (χ0) is 27.9. The molecule has 0 saturated heterocycles. The minimum atomic E-state index is -3.66. The molecule has 38 heavy (non-hydrogen) atoms. The van der Waals surface area contributed by atoms with E-state index in [2.05, 4.69) is 58.7 Å². The normalized spacial score (nSPS) is 26.2. The first-order valence-electron chi connectivity index (χ1n) is 13.1. The molecule has 1 saturated carbocycles. The summed E-state index contributed by atoms with van der Waals surface area (Å²) in [5, 5.41) is 14.7. The van der Waals surface area contributed by atoms with Gasteiger partial charge in [-0.1, -0.05) is 66.5 Å². The molecule has 3 atom stereocenters. The lowest BCUT2D eigenvalue weighted by Gasteiger charge is -2.53. The SMILES string of the molecule is Cc1ccccc1S(=O)(=O)NCCO/N=C1\C[C@H]2[C@](C)(C(=O)O)CCC[C@]2(C)c2cc(Br)c(C(C)C)cc21. The highest BCUT2D eigenvalue weighted by molar-refractivity contribution is 9.10. The molecule has 2 aromatic rings. The van der Waals surface area contributed by atoms with E-state index in [-0.39, 0.29) is 35.3 Å². The van der Waals surface area contributed by atoms with E-state index in [1.807, 2.05) is 6.92 Å². The minimum Gasteiger partial charge on any atom is -0.481 e. The second kappa shape index (κ2) is 10.7. The number of oxime groups is 1. The van der Waals surface area contributed by atoms with Crippen LogP contribution in [0.15, 0.2) is 50.9 Å². The highest BCUT2D eigenvalue weighted by Crippen LogP contribution is 2.58. The number of nitrogens with one attached hydrogen (secondary N) is 1. The van der Waals surface area contributed by atoms with Crippen molar-refractivity contribution in [1.82, 2.24) is 4.72 Å². The molecule has 0 amide bonds. The Morgan fingerprint density at radius 3 is 2.61 bits per heavy atom. The average Bonchev–Trinajstić information content (AvgIpc) is 2.84. The minimum absolute atomic E-state index is 0.0512. The van der Waals surface area contributed by atoms with Crippen LogP contribution >= 0.6 is 15.9 Å². The van der Waals surface area contributed by atoms with E-state index < -0.39 is 21.4 Å². The molecule has 0 aliphatic heterocycles. The molecule has 7 nitrogen and oxygen atoms in total. The third kappa shape index (κ3) is 5.17. The molecule has 2 N–H and O–H groups in total. The van der Waals surface area contributed by atoms with Gasteiger partial charge in [-0.25, -0.2) is 13.1 Å². The number of hydrogen-bond donors (Lipinski definition) is 2. The van der Waals surface area contributed by atoms with Gasteiger partial charge in [-0.15, -0.1) is 0 Å². The Balaban J connectivity index is 1.62. The number of carboxylic acids is 1. The zero-order valence-corrected chi connectivity index (χ0v) is 25.1. The Labute approximate surface area is 234 Å². The molecule has 0 bridgehead atoms. The average molecular weight is 606 g/mol. The van der Waals surface area contributed by atoms with Crippen molar-refractivity contribution in [2.24, 2.45) is 16.5 Å². The summed E-state index contributed by atoms with van der Waals surface area (Å²) in [5.74, 6) is -0.637. The molecule has 0 heterocycles. The van der Waals surface area contributed by atoms with Crippen LogP contribution in [0, 0.1) is 18.3 Å². The van der Waals surface area contributed by atoms with E-state index in [9.17, 15) is 18.3 Å². The van der Waals surface area contributed by atoms with Crippen LogP contribution < -0.4 is 4.72 Å². The molecule has 0 unspecified atom stereocenters. The molecule has 2 aliphatic rings. The topological polar surface area (TPSA) is 105 Å². The zero-order valence-electron chi connectivity index (χ0n) is 22.7. The van der Waals surface area contributed by atoms with E-state index in [0.29, 0.717) is 24.1 Å². The molecule has 2 aliphatic carbocycles. The van der Waals surface area contributed by atoms with Gasteiger partial charge in [-0.2, -0.15) is 0 Å². The summed E-state index contributed by atoms with van der Waals surface area (Å²) in [5.41, 5.74) is 3.45. The van der Waals surface area contributed by atoms with Crippen LogP contribution in [0.4, 0.5) is 0 Å². The van der Waals surface area contributed by atoms with Crippen LogP contribution in [0.5, 0.6) is 0 Å². The molecule has 2 aromatic carbocycles. The van der Waals surface area contributed by atoms with Crippen molar-refractivity contribution in [3.8, 4) is 0 Å². The van der Waals surface area contributed by atoms with Gasteiger partial charge < -0.3 is 9.94 Å². The number of hydrogen-bond acceptors (Lipinski definition) is 5. The van der Waals surface area contributed by atoms with Crippen LogP contribution in [-0.4, -0.2) is 38.4 Å². The number of carbonyl (C=O) groups is 1. The van der Waals surface area contributed by atoms with Gasteiger partial charge in [0.25, 0.3) is 0 Å². The molecule has 9 heteroatoms. The van der Waals surface area contributed by atoms with E-state index in [4.69, 9.17) is 4.84 Å². The van der Waals surface area contributed by atoms with Crippen LogP contribution in [0.1, 0.15) is 81.5 Å². The van der Waals surface area contributed by atoms with Gasteiger partial charge in [0, 0.05) is 16.6 Å². The first-order chi connectivity index (χ1) is 17.8. The number of fused-ring (bicyclic) bond motifs is 3. The molecule has 4 rings (SSSR count). The first kappa shape index (κ1) is 28.8. The maximum absolute atomic E-state index is 12.7. The van der Waals surface area contributed by atoms with Gasteiger partial charge in [0.15, 0.2) is 0 Å². The Bertz CT molecular complexity index is 1370. The summed E-state index contributed by atoms with van der Waals surface area (Å²) in [6.45, 7) is 10.2. The summed E-state index contributed by atoms with van der Waals surface area (Å²) >= 11 is 3.76. The second-order valence-corrected chi connectivity index (χ2v) is 13.9. The maximum Gasteiger partial charge on any atom is 0.309 e. The van der Waals surface area contributed by atoms with E-state index in [0.717, 1.165) is 34.0 Å². The lowest BCUT2D eigenvalue weighted by Crippen LogP contribution is -2.53. The van der Waals surface area contributed by atoms with Crippen molar-refractivity contribution in [2.45, 2.75) is 76.5 Å². The van der Waals surface area contributed by atoms with Crippen molar-refractivity contribution in [1.29, 1.82) is 0 Å². The molecule has 0 radical (unpaired) electrons. The van der Waals surface area contributed by atoms with Gasteiger partial charge in [0.1, 0.15) is 6.61 Å². The van der Waals surface area contributed by atoms with Gasteiger partial charge >= 0.3 is 5.97 Å². The van der Waals surface area contributed by atoms with Gasteiger partial charge in [-0.3, -0.25) is 4.79 Å². The highest BCUT2D eigenvalue weighted by Gasteiger charge is 2.56. The predicted molar refractivity (Wildman–Crippen MR) is 152 cm³/mol. The van der Waals surface area contributed by atoms with Crippen molar-refractivity contribution < 1.29 is 23.2 Å². The number of rotatable bonds is 8. The molecular formula is C29H37BrN2O5S. The largest absolute Gasteiger partial charge is 0.481 e. The van der Waals surface area contributed by atoms with E-state index in [1.165, 1.54) is 0 Å². The van der Waals surface area contributed by atoms with Crippen LogP contribution in [0.2, 0.25) is 0 Å². The lowest BCUT2D eigenvalue weighted by molar-refractivity contribution is -0.156. The van der Waals surface area contributed by atoms with E-state index >= 15 is 0 Å². The third-order valence-electron chi connectivity index (χ3n) is 8.54. The van der Waals surface area contributed by atoms with Crippen LogP contribution in [0.3, 0.4) is 0 Å². The number of aryl methyl sites for hydroxylation is 1. The fraction of sp³-hybridized carbons (Fsp3) is 0.517. The molecular weight excluding hydrogens is 568 g/mol. The monoisotopic (exact) mass is 604 g/mol. The van der Waals surface area contributed by atoms with E-state index in [1.54, 1.807) is 31.2 Å².